The van der Waals surface area contributed by atoms with Crippen molar-refractivity contribution in [3.8, 4) is 11.5 Å². The van der Waals surface area contributed by atoms with Gasteiger partial charge in [-0.15, -0.1) is 0 Å². The second kappa shape index (κ2) is 7.13. The minimum atomic E-state index is -0.337. The number of carbonyl (C=O) groups is 1. The van der Waals surface area contributed by atoms with E-state index in [1.807, 2.05) is 18.2 Å². The molecule has 0 atom stereocenters. The van der Waals surface area contributed by atoms with Crippen molar-refractivity contribution >= 4 is 34.7 Å². The van der Waals surface area contributed by atoms with Crippen LogP contribution in [0.2, 0.25) is 5.02 Å². The first kappa shape index (κ1) is 17.1. The van der Waals surface area contributed by atoms with Crippen molar-refractivity contribution in [1.29, 1.82) is 0 Å². The Hall–Kier alpha value is -3.32. The monoisotopic (exact) mass is 382 g/mol. The molecule has 0 radical (unpaired) electrons. The molecule has 3 aromatic rings. The van der Waals surface area contributed by atoms with E-state index in [9.17, 15) is 4.79 Å². The van der Waals surface area contributed by atoms with Crippen LogP contribution >= 0.6 is 11.6 Å². The Labute approximate surface area is 160 Å². The smallest absolute Gasteiger partial charge is 0.274 e. The van der Waals surface area contributed by atoms with Gasteiger partial charge in [-0.3, -0.25) is 4.79 Å². The molecule has 0 fully saturated rings. The van der Waals surface area contributed by atoms with E-state index in [1.54, 1.807) is 37.3 Å². The number of amides is 1. The largest absolute Gasteiger partial charge is 0.454 e. The first-order valence-corrected chi connectivity index (χ1v) is 8.54. The summed E-state index contributed by atoms with van der Waals surface area (Å²) in [6.45, 7) is 1.93. The van der Waals surface area contributed by atoms with Gasteiger partial charge in [0.05, 0.1) is 0 Å². The van der Waals surface area contributed by atoms with Gasteiger partial charge in [-0.1, -0.05) is 11.6 Å². The lowest BCUT2D eigenvalue weighted by Crippen LogP contribution is -2.15. The number of benzene rings is 2. The van der Waals surface area contributed by atoms with E-state index in [1.165, 1.54) is 0 Å². The molecular weight excluding hydrogens is 368 g/mol. The van der Waals surface area contributed by atoms with Crippen molar-refractivity contribution < 1.29 is 14.3 Å². The van der Waals surface area contributed by atoms with Gasteiger partial charge in [-0.2, -0.15) is 0 Å². The fourth-order valence-corrected chi connectivity index (χ4v) is 2.72. The number of fused-ring (bicyclic) bond motifs is 1. The van der Waals surface area contributed by atoms with Crippen LogP contribution in [0.3, 0.4) is 0 Å². The standard InChI is InChI=1S/C19H15ClN4O3/c1-11-21-15(19(25)24-13-4-2-12(20)3-5-13)9-18(22-11)23-14-6-7-16-17(8-14)27-10-26-16/h2-9H,10H2,1H3,(H,24,25)(H,21,22,23). The third-order valence-electron chi connectivity index (χ3n) is 3.82. The quantitative estimate of drug-likeness (QED) is 0.704. The number of ether oxygens (including phenoxy) is 2. The van der Waals surface area contributed by atoms with Crippen molar-refractivity contribution in [3.63, 3.8) is 0 Å². The highest BCUT2D eigenvalue weighted by atomic mass is 35.5. The van der Waals surface area contributed by atoms with Gasteiger partial charge in [0.15, 0.2) is 11.5 Å². The predicted molar refractivity (Wildman–Crippen MR) is 102 cm³/mol. The Morgan fingerprint density at radius 1 is 1.00 bits per heavy atom. The summed E-state index contributed by atoms with van der Waals surface area (Å²) < 4.78 is 10.7. The molecule has 8 heteroatoms. The van der Waals surface area contributed by atoms with Crippen LogP contribution < -0.4 is 20.1 Å². The van der Waals surface area contributed by atoms with Gasteiger partial charge in [-0.05, 0) is 43.3 Å². The molecule has 0 unspecified atom stereocenters. The van der Waals surface area contributed by atoms with Gasteiger partial charge >= 0.3 is 0 Å². The van der Waals surface area contributed by atoms with Crippen molar-refractivity contribution in [3.05, 3.63) is 65.1 Å². The van der Waals surface area contributed by atoms with Crippen LogP contribution in [0.4, 0.5) is 17.2 Å². The average Bonchev–Trinajstić information content (AvgIpc) is 3.11. The van der Waals surface area contributed by atoms with Crippen LogP contribution in [0.25, 0.3) is 0 Å². The third kappa shape index (κ3) is 3.93. The molecule has 7 nitrogen and oxygen atoms in total. The molecule has 0 saturated heterocycles. The maximum Gasteiger partial charge on any atom is 0.274 e. The van der Waals surface area contributed by atoms with Gasteiger partial charge in [0.25, 0.3) is 5.91 Å². The zero-order valence-corrected chi connectivity index (χ0v) is 15.1. The first-order valence-electron chi connectivity index (χ1n) is 8.16. The molecule has 27 heavy (non-hydrogen) atoms. The number of hydrogen-bond acceptors (Lipinski definition) is 6. The van der Waals surface area contributed by atoms with Crippen molar-refractivity contribution in [1.82, 2.24) is 9.97 Å². The lowest BCUT2D eigenvalue weighted by molar-refractivity contribution is 0.102. The van der Waals surface area contributed by atoms with Gasteiger partial charge < -0.3 is 20.1 Å². The van der Waals surface area contributed by atoms with Crippen LogP contribution in [0.5, 0.6) is 11.5 Å². The third-order valence-corrected chi connectivity index (χ3v) is 4.07. The summed E-state index contributed by atoms with van der Waals surface area (Å²) in [5, 5.41) is 6.54. The van der Waals surface area contributed by atoms with Crippen LogP contribution in [0.15, 0.2) is 48.5 Å². The maximum atomic E-state index is 12.5. The summed E-state index contributed by atoms with van der Waals surface area (Å²) in [7, 11) is 0. The SMILES string of the molecule is Cc1nc(Nc2ccc3c(c2)OCO3)cc(C(=O)Nc2ccc(Cl)cc2)n1. The molecule has 2 N–H and O–H groups in total. The second-order valence-electron chi connectivity index (χ2n) is 5.84. The number of aromatic nitrogens is 2. The highest BCUT2D eigenvalue weighted by molar-refractivity contribution is 6.30. The second-order valence-corrected chi connectivity index (χ2v) is 6.28. The van der Waals surface area contributed by atoms with E-state index in [0.29, 0.717) is 33.9 Å². The number of aryl methyl sites for hydroxylation is 1. The van der Waals surface area contributed by atoms with Crippen molar-refractivity contribution in [2.24, 2.45) is 0 Å². The number of hydrogen-bond donors (Lipinski definition) is 2. The fraction of sp³-hybridized carbons (Fsp3) is 0.105. The molecule has 0 bridgehead atoms. The Kier molecular flexibility index (Phi) is 4.52. The predicted octanol–water partition coefficient (Wildman–Crippen LogP) is 4.16. The van der Waals surface area contributed by atoms with E-state index >= 15 is 0 Å². The minimum absolute atomic E-state index is 0.209. The van der Waals surface area contributed by atoms with Crippen molar-refractivity contribution in [2.45, 2.75) is 6.92 Å². The normalized spacial score (nSPS) is 11.9. The highest BCUT2D eigenvalue weighted by Gasteiger charge is 2.15. The van der Waals surface area contributed by atoms with E-state index < -0.39 is 0 Å². The van der Waals surface area contributed by atoms with Crippen LogP contribution in [-0.4, -0.2) is 22.7 Å². The molecule has 4 rings (SSSR count). The Bertz CT molecular complexity index is 1010. The Balaban J connectivity index is 1.54. The summed E-state index contributed by atoms with van der Waals surface area (Å²) in [5.74, 6) is 2.00. The molecule has 1 aliphatic rings. The summed E-state index contributed by atoms with van der Waals surface area (Å²) in [5.41, 5.74) is 1.65. The molecule has 1 aliphatic heterocycles. The maximum absolute atomic E-state index is 12.5. The lowest BCUT2D eigenvalue weighted by Gasteiger charge is -2.10. The van der Waals surface area contributed by atoms with Gasteiger partial charge in [0.1, 0.15) is 17.3 Å². The molecule has 1 aromatic heterocycles. The Morgan fingerprint density at radius 3 is 2.56 bits per heavy atom. The number of rotatable bonds is 4. The number of halogens is 1. The molecule has 0 spiro atoms. The molecule has 2 heterocycles. The zero-order valence-electron chi connectivity index (χ0n) is 14.3. The summed E-state index contributed by atoms with van der Waals surface area (Å²) in [4.78, 5) is 21.1. The highest BCUT2D eigenvalue weighted by Crippen LogP contribution is 2.35. The number of nitrogens with one attached hydrogen (secondary N) is 2. The van der Waals surface area contributed by atoms with E-state index in [-0.39, 0.29) is 18.4 Å². The molecular formula is C19H15ClN4O3. The molecule has 0 aliphatic carbocycles. The van der Waals surface area contributed by atoms with E-state index in [0.717, 1.165) is 5.69 Å². The molecule has 2 aromatic carbocycles. The topological polar surface area (TPSA) is 85.4 Å². The Morgan fingerprint density at radius 2 is 1.74 bits per heavy atom. The number of anilines is 3. The van der Waals surface area contributed by atoms with Gasteiger partial charge in [0, 0.05) is 28.5 Å². The van der Waals surface area contributed by atoms with E-state index in [2.05, 4.69) is 20.6 Å². The van der Waals surface area contributed by atoms with Crippen LogP contribution in [0, 0.1) is 6.92 Å². The summed E-state index contributed by atoms with van der Waals surface area (Å²) in [6, 6.07) is 13.9. The number of nitrogens with zero attached hydrogens (tertiary/aromatic N) is 2. The lowest BCUT2D eigenvalue weighted by atomic mass is 10.2. The molecule has 0 saturated carbocycles. The summed E-state index contributed by atoms with van der Waals surface area (Å²) in [6.07, 6.45) is 0. The van der Waals surface area contributed by atoms with Crippen molar-refractivity contribution in [2.75, 3.05) is 17.4 Å². The van der Waals surface area contributed by atoms with Gasteiger partial charge in [-0.25, -0.2) is 9.97 Å². The fourth-order valence-electron chi connectivity index (χ4n) is 2.60. The summed E-state index contributed by atoms with van der Waals surface area (Å²) >= 11 is 5.86. The van der Waals surface area contributed by atoms with Gasteiger partial charge in [0.2, 0.25) is 6.79 Å². The number of carbonyl (C=O) groups excluding carboxylic acids is 1. The minimum Gasteiger partial charge on any atom is -0.454 e. The average molecular weight is 383 g/mol. The first-order chi connectivity index (χ1) is 13.1. The van der Waals surface area contributed by atoms with Crippen LogP contribution in [-0.2, 0) is 0 Å². The molecule has 1 amide bonds. The van der Waals surface area contributed by atoms with Crippen LogP contribution in [0.1, 0.15) is 16.3 Å². The molecule has 136 valence electrons. The van der Waals surface area contributed by atoms with E-state index in [4.69, 9.17) is 21.1 Å². The zero-order chi connectivity index (χ0) is 18.8.